The normalized spacial score (nSPS) is 31.2. The number of hydrogen-bond donors (Lipinski definition) is 1. The summed E-state index contributed by atoms with van der Waals surface area (Å²) in [5, 5.41) is 0. The standard InChI is InChI=1S/C13H25N3O/c1-11-10-12(14)6-9-16(11)13(17)15-7-4-2-3-5-8-15/h11-12H,2-10,14H2,1H3. The van der Waals surface area contributed by atoms with Crippen LogP contribution in [0.5, 0.6) is 0 Å². The van der Waals surface area contributed by atoms with Gasteiger partial charge in [0.05, 0.1) is 0 Å². The van der Waals surface area contributed by atoms with E-state index in [4.69, 9.17) is 5.73 Å². The second-order valence-corrected chi connectivity index (χ2v) is 5.51. The second-order valence-electron chi connectivity index (χ2n) is 5.51. The quantitative estimate of drug-likeness (QED) is 0.700. The van der Waals surface area contributed by atoms with Gasteiger partial charge in [-0.1, -0.05) is 12.8 Å². The molecule has 4 nitrogen and oxygen atoms in total. The third kappa shape index (κ3) is 3.12. The number of carbonyl (C=O) groups excluding carboxylic acids is 1. The summed E-state index contributed by atoms with van der Waals surface area (Å²) in [6, 6.07) is 0.819. The highest BCUT2D eigenvalue weighted by molar-refractivity contribution is 5.75. The first-order chi connectivity index (χ1) is 8.18. The number of amides is 2. The Hall–Kier alpha value is -0.770. The molecule has 2 rings (SSSR count). The van der Waals surface area contributed by atoms with Crippen molar-refractivity contribution in [1.82, 2.24) is 9.80 Å². The zero-order valence-electron chi connectivity index (χ0n) is 10.9. The maximum Gasteiger partial charge on any atom is 0.320 e. The zero-order valence-corrected chi connectivity index (χ0v) is 10.9. The van der Waals surface area contributed by atoms with E-state index in [-0.39, 0.29) is 12.1 Å². The predicted molar refractivity (Wildman–Crippen MR) is 68.8 cm³/mol. The van der Waals surface area contributed by atoms with Crippen molar-refractivity contribution < 1.29 is 4.79 Å². The average molecular weight is 239 g/mol. The van der Waals surface area contributed by atoms with Crippen molar-refractivity contribution in [3.63, 3.8) is 0 Å². The maximum absolute atomic E-state index is 12.4. The van der Waals surface area contributed by atoms with Gasteiger partial charge in [-0.15, -0.1) is 0 Å². The summed E-state index contributed by atoms with van der Waals surface area (Å²) < 4.78 is 0. The molecule has 2 aliphatic rings. The molecule has 2 aliphatic heterocycles. The second kappa shape index (κ2) is 5.71. The van der Waals surface area contributed by atoms with E-state index in [0.717, 1.165) is 45.3 Å². The molecule has 17 heavy (non-hydrogen) atoms. The van der Waals surface area contributed by atoms with Gasteiger partial charge in [0.25, 0.3) is 0 Å². The molecule has 2 saturated heterocycles. The van der Waals surface area contributed by atoms with E-state index in [9.17, 15) is 4.79 Å². The van der Waals surface area contributed by atoms with Crippen molar-refractivity contribution in [2.75, 3.05) is 19.6 Å². The predicted octanol–water partition coefficient (Wildman–Crippen LogP) is 1.79. The van der Waals surface area contributed by atoms with Crippen molar-refractivity contribution >= 4 is 6.03 Å². The van der Waals surface area contributed by atoms with Crippen LogP contribution in [0.3, 0.4) is 0 Å². The van der Waals surface area contributed by atoms with Crippen LogP contribution in [-0.4, -0.2) is 47.5 Å². The van der Waals surface area contributed by atoms with Gasteiger partial charge in [0.15, 0.2) is 0 Å². The molecule has 0 aromatic carbocycles. The van der Waals surface area contributed by atoms with E-state index in [1.54, 1.807) is 0 Å². The van der Waals surface area contributed by atoms with Gasteiger partial charge in [0.1, 0.15) is 0 Å². The molecule has 0 aromatic rings. The molecular weight excluding hydrogens is 214 g/mol. The van der Waals surface area contributed by atoms with E-state index in [2.05, 4.69) is 6.92 Å². The van der Waals surface area contributed by atoms with Gasteiger partial charge in [0.2, 0.25) is 0 Å². The van der Waals surface area contributed by atoms with Crippen molar-refractivity contribution in [2.45, 2.75) is 57.5 Å². The summed E-state index contributed by atoms with van der Waals surface area (Å²) >= 11 is 0. The number of nitrogens with zero attached hydrogens (tertiary/aromatic N) is 2. The molecule has 4 heteroatoms. The SMILES string of the molecule is CC1CC(N)CCN1C(=O)N1CCCCCC1. The van der Waals surface area contributed by atoms with Crippen LogP contribution < -0.4 is 5.73 Å². The molecule has 2 N–H and O–H groups in total. The molecule has 0 radical (unpaired) electrons. The van der Waals surface area contributed by atoms with Crippen LogP contribution in [0.4, 0.5) is 4.79 Å². The lowest BCUT2D eigenvalue weighted by molar-refractivity contribution is 0.117. The summed E-state index contributed by atoms with van der Waals surface area (Å²) in [5.41, 5.74) is 5.94. The first-order valence-electron chi connectivity index (χ1n) is 6.99. The maximum atomic E-state index is 12.4. The number of rotatable bonds is 0. The highest BCUT2D eigenvalue weighted by Crippen LogP contribution is 2.19. The van der Waals surface area contributed by atoms with Gasteiger partial charge in [0, 0.05) is 31.7 Å². The Balaban J connectivity index is 1.93. The molecular formula is C13H25N3O. The highest BCUT2D eigenvalue weighted by atomic mass is 16.2. The molecule has 2 atom stereocenters. The minimum atomic E-state index is 0.242. The Morgan fingerprint density at radius 3 is 2.35 bits per heavy atom. The van der Waals surface area contributed by atoms with Gasteiger partial charge in [-0.05, 0) is 32.6 Å². The molecule has 2 unspecified atom stereocenters. The Labute approximate surface area is 104 Å². The number of likely N-dealkylation sites (tertiary alicyclic amines) is 2. The van der Waals surface area contributed by atoms with Crippen LogP contribution in [-0.2, 0) is 0 Å². The van der Waals surface area contributed by atoms with Crippen LogP contribution in [0.15, 0.2) is 0 Å². The lowest BCUT2D eigenvalue weighted by Crippen LogP contribution is -2.53. The summed E-state index contributed by atoms with van der Waals surface area (Å²) in [6.45, 7) is 4.83. The molecule has 0 aromatic heterocycles. The van der Waals surface area contributed by atoms with Gasteiger partial charge in [-0.2, -0.15) is 0 Å². The van der Waals surface area contributed by atoms with E-state index in [1.165, 1.54) is 12.8 Å². The molecule has 0 bridgehead atoms. The summed E-state index contributed by atoms with van der Waals surface area (Å²) in [5.74, 6) is 0. The van der Waals surface area contributed by atoms with Crippen molar-refractivity contribution in [1.29, 1.82) is 0 Å². The van der Waals surface area contributed by atoms with Crippen LogP contribution in [0.25, 0.3) is 0 Å². The molecule has 0 saturated carbocycles. The fourth-order valence-electron chi connectivity index (χ4n) is 2.94. The molecule has 0 spiro atoms. The van der Waals surface area contributed by atoms with Gasteiger partial charge in [-0.3, -0.25) is 0 Å². The van der Waals surface area contributed by atoms with Crippen molar-refractivity contribution in [3.8, 4) is 0 Å². The fourth-order valence-corrected chi connectivity index (χ4v) is 2.94. The topological polar surface area (TPSA) is 49.6 Å². The first-order valence-corrected chi connectivity index (χ1v) is 6.99. The molecule has 2 heterocycles. The fraction of sp³-hybridized carbons (Fsp3) is 0.923. The van der Waals surface area contributed by atoms with Gasteiger partial charge < -0.3 is 15.5 Å². The Morgan fingerprint density at radius 1 is 1.12 bits per heavy atom. The Morgan fingerprint density at radius 2 is 1.76 bits per heavy atom. The number of nitrogens with two attached hydrogens (primary N) is 1. The zero-order chi connectivity index (χ0) is 12.3. The summed E-state index contributed by atoms with van der Waals surface area (Å²) in [4.78, 5) is 16.5. The summed E-state index contributed by atoms with van der Waals surface area (Å²) in [6.07, 6.45) is 6.75. The average Bonchev–Trinajstić information content (AvgIpc) is 2.56. The number of hydrogen-bond acceptors (Lipinski definition) is 2. The van der Waals surface area contributed by atoms with Crippen LogP contribution in [0.1, 0.15) is 45.4 Å². The lowest BCUT2D eigenvalue weighted by atomic mass is 9.99. The Kier molecular flexibility index (Phi) is 4.26. The number of urea groups is 1. The smallest absolute Gasteiger partial charge is 0.320 e. The van der Waals surface area contributed by atoms with Crippen molar-refractivity contribution in [2.24, 2.45) is 5.73 Å². The third-order valence-electron chi connectivity index (χ3n) is 4.04. The lowest BCUT2D eigenvalue weighted by Gasteiger charge is -2.39. The molecule has 2 amide bonds. The van der Waals surface area contributed by atoms with Gasteiger partial charge >= 0.3 is 6.03 Å². The van der Waals surface area contributed by atoms with Gasteiger partial charge in [-0.25, -0.2) is 4.79 Å². The minimum Gasteiger partial charge on any atom is -0.328 e. The van der Waals surface area contributed by atoms with Crippen LogP contribution in [0.2, 0.25) is 0 Å². The Bertz CT molecular complexity index is 261. The third-order valence-corrected chi connectivity index (χ3v) is 4.04. The van der Waals surface area contributed by atoms with E-state index < -0.39 is 0 Å². The number of piperidine rings is 1. The highest BCUT2D eigenvalue weighted by Gasteiger charge is 2.30. The molecule has 98 valence electrons. The van der Waals surface area contributed by atoms with Crippen molar-refractivity contribution in [3.05, 3.63) is 0 Å². The van der Waals surface area contributed by atoms with Crippen LogP contribution in [0, 0.1) is 0 Å². The largest absolute Gasteiger partial charge is 0.328 e. The molecule has 0 aliphatic carbocycles. The van der Waals surface area contributed by atoms with E-state index in [1.807, 2.05) is 9.80 Å². The molecule has 2 fully saturated rings. The minimum absolute atomic E-state index is 0.242. The number of carbonyl (C=O) groups is 1. The summed E-state index contributed by atoms with van der Waals surface area (Å²) in [7, 11) is 0. The van der Waals surface area contributed by atoms with E-state index >= 15 is 0 Å². The van der Waals surface area contributed by atoms with Crippen LogP contribution >= 0.6 is 0 Å². The first kappa shape index (κ1) is 12.7. The monoisotopic (exact) mass is 239 g/mol. The van der Waals surface area contributed by atoms with E-state index in [0.29, 0.717) is 6.04 Å².